The van der Waals surface area contributed by atoms with E-state index in [0.29, 0.717) is 5.56 Å². The molecule has 0 bridgehead atoms. The van der Waals surface area contributed by atoms with Crippen LogP contribution in [0.5, 0.6) is 0 Å². The largest absolute Gasteiger partial charge is 0.479 e. The van der Waals surface area contributed by atoms with Gasteiger partial charge in [0.1, 0.15) is 11.6 Å². The van der Waals surface area contributed by atoms with Crippen LogP contribution in [0, 0.1) is 5.92 Å². The molecule has 0 saturated carbocycles. The predicted octanol–water partition coefficient (Wildman–Crippen LogP) is 2.19. The Balaban J connectivity index is 2.24. The van der Waals surface area contributed by atoms with Gasteiger partial charge < -0.3 is 36.0 Å². The Morgan fingerprint density at radius 2 is 1.21 bits per heavy atom. The van der Waals surface area contributed by atoms with Crippen molar-refractivity contribution in [3.05, 3.63) is 71.8 Å². The highest BCUT2D eigenvalue weighted by molar-refractivity contribution is 5.90. The number of nitrogens with one attached hydrogen (secondary N) is 3. The summed E-state index contributed by atoms with van der Waals surface area (Å²) < 4.78 is 5.31. The number of carbonyl (C=O) groups excluding carboxylic acids is 3. The monoisotopic (exact) mass is 585 g/mol. The zero-order valence-corrected chi connectivity index (χ0v) is 24.7. The summed E-state index contributed by atoms with van der Waals surface area (Å²) in [5, 5.41) is 38.5. The molecule has 0 saturated heterocycles. The van der Waals surface area contributed by atoms with Crippen LogP contribution in [0.2, 0.25) is 0 Å². The van der Waals surface area contributed by atoms with Crippen LogP contribution < -0.4 is 16.0 Å². The molecule has 0 radical (unpaired) electrons. The first-order valence-electron chi connectivity index (χ1n) is 13.9. The topological polar surface area (TPSA) is 174 Å². The van der Waals surface area contributed by atoms with E-state index in [-0.39, 0.29) is 25.2 Å². The van der Waals surface area contributed by atoms with E-state index >= 15 is 0 Å². The van der Waals surface area contributed by atoms with Crippen molar-refractivity contribution in [2.75, 3.05) is 0 Å². The SMILES string of the molecule is CC(C)CC(NC(=O)[C@@H](O)[C@@H](Cc1ccccc1)NC(=O)OC(C)(C)C)C(=O)N[C@H](Cc1ccccc1)[C@H](O)C(=O)O. The number of benzene rings is 2. The third-order valence-electron chi connectivity index (χ3n) is 6.25. The molecule has 0 aliphatic heterocycles. The van der Waals surface area contributed by atoms with Crippen LogP contribution in [0.3, 0.4) is 0 Å². The highest BCUT2D eigenvalue weighted by atomic mass is 16.6. The number of carboxylic acid groups (broad SMARTS) is 1. The number of aliphatic carboxylic acids is 1. The number of carboxylic acids is 1. The second-order valence-electron chi connectivity index (χ2n) is 11.7. The fourth-order valence-electron chi connectivity index (χ4n) is 4.28. The molecule has 1 unspecified atom stereocenters. The summed E-state index contributed by atoms with van der Waals surface area (Å²) in [5.41, 5.74) is 0.625. The van der Waals surface area contributed by atoms with Crippen LogP contribution in [-0.2, 0) is 32.0 Å². The van der Waals surface area contributed by atoms with E-state index in [4.69, 9.17) is 4.74 Å². The summed E-state index contributed by atoms with van der Waals surface area (Å²) in [7, 11) is 0. The van der Waals surface area contributed by atoms with Gasteiger partial charge in [-0.15, -0.1) is 0 Å². The summed E-state index contributed by atoms with van der Waals surface area (Å²) in [5.74, 6) is -3.21. The van der Waals surface area contributed by atoms with E-state index in [1.165, 1.54) is 0 Å². The summed E-state index contributed by atoms with van der Waals surface area (Å²) in [4.78, 5) is 50.8. The molecule has 0 heterocycles. The lowest BCUT2D eigenvalue weighted by atomic mass is 9.97. The van der Waals surface area contributed by atoms with Crippen molar-refractivity contribution in [3.8, 4) is 0 Å². The molecule has 2 aromatic carbocycles. The number of hydrogen-bond acceptors (Lipinski definition) is 7. The maximum Gasteiger partial charge on any atom is 0.407 e. The summed E-state index contributed by atoms with van der Waals surface area (Å²) >= 11 is 0. The van der Waals surface area contributed by atoms with Crippen LogP contribution >= 0.6 is 0 Å². The van der Waals surface area contributed by atoms with Crippen LogP contribution in [0.4, 0.5) is 4.79 Å². The zero-order chi connectivity index (χ0) is 31.4. The number of rotatable bonds is 14. The summed E-state index contributed by atoms with van der Waals surface area (Å²) in [6.45, 7) is 8.72. The van der Waals surface area contributed by atoms with Gasteiger partial charge in [-0.3, -0.25) is 9.59 Å². The van der Waals surface area contributed by atoms with Gasteiger partial charge in [-0.2, -0.15) is 0 Å². The standard InChI is InChI=1S/C31H43N3O8/c1-19(2)16-24(27(37)32-23(26(36)29(39)40)18-21-14-10-7-11-15-21)33-28(38)25(35)22(17-20-12-8-6-9-13-20)34-30(41)42-31(3,4)5/h6-15,19,22-26,35-36H,16-18H2,1-5H3,(H,32,37)(H,33,38)(H,34,41)(H,39,40)/t22-,23-,24?,25+,26+/m1/s1. The van der Waals surface area contributed by atoms with Crippen molar-refractivity contribution in [1.82, 2.24) is 16.0 Å². The molecule has 3 amide bonds. The van der Waals surface area contributed by atoms with Gasteiger partial charge in [0.15, 0.2) is 12.2 Å². The lowest BCUT2D eigenvalue weighted by molar-refractivity contribution is -0.149. The fourth-order valence-corrected chi connectivity index (χ4v) is 4.28. The summed E-state index contributed by atoms with van der Waals surface area (Å²) in [6, 6.07) is 14.3. The molecule has 2 rings (SSSR count). The molecule has 0 aliphatic rings. The van der Waals surface area contributed by atoms with Crippen LogP contribution in [-0.4, -0.2) is 75.1 Å². The Morgan fingerprint density at radius 3 is 1.64 bits per heavy atom. The Morgan fingerprint density at radius 1 is 0.738 bits per heavy atom. The first-order chi connectivity index (χ1) is 19.7. The minimum Gasteiger partial charge on any atom is -0.479 e. The van der Waals surface area contributed by atoms with Gasteiger partial charge in [-0.1, -0.05) is 74.5 Å². The van der Waals surface area contributed by atoms with E-state index < -0.39 is 59.8 Å². The smallest absolute Gasteiger partial charge is 0.407 e. The average Bonchev–Trinajstić information content (AvgIpc) is 2.90. The maximum absolute atomic E-state index is 13.4. The molecule has 6 N–H and O–H groups in total. The molecule has 11 nitrogen and oxygen atoms in total. The quantitative estimate of drug-likeness (QED) is 0.196. The first kappa shape index (κ1) is 34.2. The second-order valence-corrected chi connectivity index (χ2v) is 11.7. The molecule has 0 fully saturated rings. The number of alkyl carbamates (subject to hydrolysis) is 1. The molecule has 2 aromatic rings. The summed E-state index contributed by atoms with van der Waals surface area (Å²) in [6.07, 6.45) is -4.19. The number of aliphatic hydroxyl groups is 2. The van der Waals surface area contributed by atoms with Gasteiger partial charge in [0.25, 0.3) is 5.91 Å². The van der Waals surface area contributed by atoms with Crippen molar-refractivity contribution in [2.24, 2.45) is 5.92 Å². The molecule has 42 heavy (non-hydrogen) atoms. The number of aliphatic hydroxyl groups excluding tert-OH is 2. The maximum atomic E-state index is 13.4. The van der Waals surface area contributed by atoms with E-state index in [1.54, 1.807) is 75.4 Å². The number of carbonyl (C=O) groups is 4. The minimum absolute atomic E-state index is 0.0317. The van der Waals surface area contributed by atoms with Crippen molar-refractivity contribution < 1.29 is 39.2 Å². The van der Waals surface area contributed by atoms with Gasteiger partial charge >= 0.3 is 12.1 Å². The van der Waals surface area contributed by atoms with Crippen molar-refractivity contribution in [3.63, 3.8) is 0 Å². The van der Waals surface area contributed by atoms with E-state index in [0.717, 1.165) is 5.56 Å². The molecule has 0 aliphatic carbocycles. The van der Waals surface area contributed by atoms with Gasteiger partial charge in [-0.05, 0) is 57.1 Å². The highest BCUT2D eigenvalue weighted by Gasteiger charge is 2.34. The van der Waals surface area contributed by atoms with Gasteiger partial charge in [0.2, 0.25) is 5.91 Å². The van der Waals surface area contributed by atoms with Gasteiger partial charge in [0.05, 0.1) is 12.1 Å². The van der Waals surface area contributed by atoms with E-state index in [2.05, 4.69) is 16.0 Å². The molecular weight excluding hydrogens is 542 g/mol. The third kappa shape index (κ3) is 11.9. The molecule has 0 aromatic heterocycles. The van der Waals surface area contributed by atoms with Crippen molar-refractivity contribution >= 4 is 23.9 Å². The van der Waals surface area contributed by atoms with Gasteiger partial charge in [-0.25, -0.2) is 9.59 Å². The van der Waals surface area contributed by atoms with Crippen molar-refractivity contribution in [1.29, 1.82) is 0 Å². The number of ether oxygens (including phenoxy) is 1. The first-order valence-corrected chi connectivity index (χ1v) is 13.9. The van der Waals surface area contributed by atoms with Crippen LogP contribution in [0.1, 0.15) is 52.2 Å². The normalized spacial score (nSPS) is 15.0. The third-order valence-corrected chi connectivity index (χ3v) is 6.25. The van der Waals surface area contributed by atoms with E-state index in [1.807, 2.05) is 19.9 Å². The Kier molecular flexibility index (Phi) is 12.9. The molecule has 0 spiro atoms. The Hall–Kier alpha value is -3.96. The van der Waals surface area contributed by atoms with Gasteiger partial charge in [0, 0.05) is 0 Å². The fraction of sp³-hybridized carbons (Fsp3) is 0.484. The van der Waals surface area contributed by atoms with Crippen molar-refractivity contribution in [2.45, 2.75) is 89.8 Å². The van der Waals surface area contributed by atoms with Crippen LogP contribution in [0.15, 0.2) is 60.7 Å². The number of amides is 3. The second kappa shape index (κ2) is 15.9. The minimum atomic E-state index is -1.90. The Labute approximate surface area is 246 Å². The highest BCUT2D eigenvalue weighted by Crippen LogP contribution is 2.13. The lowest BCUT2D eigenvalue weighted by Gasteiger charge is -2.29. The molecule has 5 atom stereocenters. The predicted molar refractivity (Wildman–Crippen MR) is 156 cm³/mol. The van der Waals surface area contributed by atoms with E-state index in [9.17, 15) is 34.5 Å². The molecule has 230 valence electrons. The average molecular weight is 586 g/mol. The lowest BCUT2D eigenvalue weighted by Crippen LogP contribution is -2.58. The molecule has 11 heteroatoms. The molecular formula is C31H43N3O8. The number of hydrogen-bond donors (Lipinski definition) is 6. The Bertz CT molecular complexity index is 1170. The zero-order valence-electron chi connectivity index (χ0n) is 24.7. The van der Waals surface area contributed by atoms with Crippen LogP contribution in [0.25, 0.3) is 0 Å².